The maximum Gasteiger partial charge on any atom is 0.257 e. The number of pyridine rings is 1. The Balaban J connectivity index is 1.43. The number of aromatic nitrogens is 1. The van der Waals surface area contributed by atoms with Gasteiger partial charge in [0, 0.05) is 37.6 Å². The van der Waals surface area contributed by atoms with E-state index < -0.39 is 0 Å². The standard InChI is InChI=1S/C22H22N4O/c27-22(25-19-9-5-2-6-10-19)18-11-12-21(24-15-18)26-14-13-23-20(16-26)17-7-3-1-4-8-17/h1-12,15,20,23H,13-14,16H2,(H,25,27)/t20-/m1/s1. The minimum Gasteiger partial charge on any atom is -0.353 e. The lowest BCUT2D eigenvalue weighted by Gasteiger charge is -2.34. The number of anilines is 2. The molecule has 1 fully saturated rings. The van der Waals surface area contributed by atoms with E-state index in [4.69, 9.17) is 0 Å². The van der Waals surface area contributed by atoms with Crippen molar-refractivity contribution < 1.29 is 4.79 Å². The normalized spacial score (nSPS) is 16.7. The molecule has 1 aliphatic rings. The smallest absolute Gasteiger partial charge is 0.257 e. The summed E-state index contributed by atoms with van der Waals surface area (Å²) in [5.41, 5.74) is 2.61. The molecule has 5 nitrogen and oxygen atoms in total. The van der Waals surface area contributed by atoms with Crippen molar-refractivity contribution in [3.8, 4) is 0 Å². The van der Waals surface area contributed by atoms with Crippen LogP contribution in [-0.4, -0.2) is 30.5 Å². The number of hydrogen-bond acceptors (Lipinski definition) is 4. The van der Waals surface area contributed by atoms with Crippen LogP contribution in [-0.2, 0) is 0 Å². The maximum atomic E-state index is 12.4. The van der Waals surface area contributed by atoms with Crippen molar-refractivity contribution in [3.05, 3.63) is 90.1 Å². The van der Waals surface area contributed by atoms with Gasteiger partial charge in [0.05, 0.1) is 5.56 Å². The summed E-state index contributed by atoms with van der Waals surface area (Å²) in [6.07, 6.45) is 1.65. The average Bonchev–Trinajstić information content (AvgIpc) is 2.75. The van der Waals surface area contributed by atoms with Crippen LogP contribution in [0.1, 0.15) is 22.0 Å². The molecule has 27 heavy (non-hydrogen) atoms. The van der Waals surface area contributed by atoms with E-state index in [0.29, 0.717) is 5.56 Å². The van der Waals surface area contributed by atoms with Gasteiger partial charge in [-0.25, -0.2) is 4.98 Å². The van der Waals surface area contributed by atoms with E-state index in [2.05, 4.69) is 44.8 Å². The van der Waals surface area contributed by atoms with E-state index in [0.717, 1.165) is 31.1 Å². The number of carbonyl (C=O) groups excluding carboxylic acids is 1. The Morgan fingerprint density at radius 1 is 1.00 bits per heavy atom. The first kappa shape index (κ1) is 17.2. The zero-order chi connectivity index (χ0) is 18.5. The van der Waals surface area contributed by atoms with Gasteiger partial charge in [-0.3, -0.25) is 4.79 Å². The van der Waals surface area contributed by atoms with Crippen LogP contribution in [0.25, 0.3) is 0 Å². The fourth-order valence-corrected chi connectivity index (χ4v) is 3.30. The molecule has 0 bridgehead atoms. The number of piperazine rings is 1. The van der Waals surface area contributed by atoms with Crippen LogP contribution in [0.4, 0.5) is 11.5 Å². The van der Waals surface area contributed by atoms with E-state index in [9.17, 15) is 4.79 Å². The molecule has 2 N–H and O–H groups in total. The van der Waals surface area contributed by atoms with Crippen LogP contribution in [0.3, 0.4) is 0 Å². The first-order valence-corrected chi connectivity index (χ1v) is 9.15. The van der Waals surface area contributed by atoms with Crippen LogP contribution in [0.15, 0.2) is 79.0 Å². The summed E-state index contributed by atoms with van der Waals surface area (Å²) in [5, 5.41) is 6.44. The molecule has 0 saturated carbocycles. The summed E-state index contributed by atoms with van der Waals surface area (Å²) < 4.78 is 0. The lowest BCUT2D eigenvalue weighted by Crippen LogP contribution is -2.46. The highest BCUT2D eigenvalue weighted by molar-refractivity contribution is 6.04. The van der Waals surface area contributed by atoms with Gasteiger partial charge in [0.25, 0.3) is 5.91 Å². The number of carbonyl (C=O) groups is 1. The fourth-order valence-electron chi connectivity index (χ4n) is 3.30. The summed E-state index contributed by atoms with van der Waals surface area (Å²) in [7, 11) is 0. The number of benzene rings is 2. The number of para-hydroxylation sites is 1. The number of amides is 1. The Labute approximate surface area is 159 Å². The molecule has 1 atom stereocenters. The molecule has 1 aromatic heterocycles. The molecular weight excluding hydrogens is 336 g/mol. The Morgan fingerprint density at radius 3 is 2.44 bits per heavy atom. The number of hydrogen-bond donors (Lipinski definition) is 2. The third kappa shape index (κ3) is 4.15. The Morgan fingerprint density at radius 2 is 1.74 bits per heavy atom. The van der Waals surface area contributed by atoms with Crippen molar-refractivity contribution in [2.45, 2.75) is 6.04 Å². The molecule has 0 radical (unpaired) electrons. The zero-order valence-corrected chi connectivity index (χ0v) is 15.0. The van der Waals surface area contributed by atoms with Gasteiger partial charge >= 0.3 is 0 Å². The van der Waals surface area contributed by atoms with E-state index >= 15 is 0 Å². The predicted octanol–water partition coefficient (Wildman–Crippen LogP) is 3.48. The van der Waals surface area contributed by atoms with Crippen molar-refractivity contribution >= 4 is 17.4 Å². The first-order chi connectivity index (χ1) is 13.3. The number of nitrogens with one attached hydrogen (secondary N) is 2. The van der Waals surface area contributed by atoms with Crippen LogP contribution in [0, 0.1) is 0 Å². The van der Waals surface area contributed by atoms with Gasteiger partial charge in [0.2, 0.25) is 0 Å². The number of rotatable bonds is 4. The molecule has 2 heterocycles. The second-order valence-electron chi connectivity index (χ2n) is 6.59. The van der Waals surface area contributed by atoms with Gasteiger partial charge in [-0.15, -0.1) is 0 Å². The van der Waals surface area contributed by atoms with Crippen molar-refractivity contribution in [1.29, 1.82) is 0 Å². The van der Waals surface area contributed by atoms with Gasteiger partial charge in [-0.05, 0) is 29.8 Å². The number of nitrogens with zero attached hydrogens (tertiary/aromatic N) is 2. The molecule has 1 amide bonds. The van der Waals surface area contributed by atoms with Gasteiger partial charge in [0.1, 0.15) is 5.82 Å². The molecule has 4 rings (SSSR count). The highest BCUT2D eigenvalue weighted by atomic mass is 16.1. The molecule has 5 heteroatoms. The van der Waals surface area contributed by atoms with Crippen molar-refractivity contribution in [2.75, 3.05) is 29.9 Å². The second kappa shape index (κ2) is 8.01. The highest BCUT2D eigenvalue weighted by Gasteiger charge is 2.21. The van der Waals surface area contributed by atoms with E-state index in [1.54, 1.807) is 6.20 Å². The fraction of sp³-hybridized carbons (Fsp3) is 0.182. The summed E-state index contributed by atoms with van der Waals surface area (Å²) in [6, 6.07) is 23.9. The third-order valence-electron chi connectivity index (χ3n) is 4.74. The molecule has 0 spiro atoms. The molecule has 136 valence electrons. The molecule has 0 aliphatic carbocycles. The highest BCUT2D eigenvalue weighted by Crippen LogP contribution is 2.21. The Bertz CT molecular complexity index is 881. The summed E-state index contributed by atoms with van der Waals surface area (Å²) in [4.78, 5) is 19.2. The maximum absolute atomic E-state index is 12.4. The van der Waals surface area contributed by atoms with Crippen LogP contribution in [0.2, 0.25) is 0 Å². The summed E-state index contributed by atoms with van der Waals surface area (Å²) >= 11 is 0. The molecular formula is C22H22N4O. The first-order valence-electron chi connectivity index (χ1n) is 9.15. The minimum atomic E-state index is -0.150. The second-order valence-corrected chi connectivity index (χ2v) is 6.59. The lowest BCUT2D eigenvalue weighted by molar-refractivity contribution is 0.102. The molecule has 0 unspecified atom stereocenters. The molecule has 3 aromatic rings. The van der Waals surface area contributed by atoms with Gasteiger partial charge in [-0.1, -0.05) is 48.5 Å². The molecule has 1 saturated heterocycles. The summed E-state index contributed by atoms with van der Waals surface area (Å²) in [5.74, 6) is 0.747. The van der Waals surface area contributed by atoms with Crippen molar-refractivity contribution in [2.24, 2.45) is 0 Å². The van der Waals surface area contributed by atoms with E-state index in [-0.39, 0.29) is 11.9 Å². The average molecular weight is 358 g/mol. The lowest BCUT2D eigenvalue weighted by atomic mass is 10.0. The Kier molecular flexibility index (Phi) is 5.12. The van der Waals surface area contributed by atoms with Crippen molar-refractivity contribution in [1.82, 2.24) is 10.3 Å². The van der Waals surface area contributed by atoms with Crippen LogP contribution < -0.4 is 15.5 Å². The van der Waals surface area contributed by atoms with Gasteiger partial charge in [0.15, 0.2) is 0 Å². The largest absolute Gasteiger partial charge is 0.353 e. The predicted molar refractivity (Wildman–Crippen MR) is 108 cm³/mol. The van der Waals surface area contributed by atoms with E-state index in [1.165, 1.54) is 5.56 Å². The van der Waals surface area contributed by atoms with Crippen LogP contribution in [0.5, 0.6) is 0 Å². The van der Waals surface area contributed by atoms with E-state index in [1.807, 2.05) is 48.5 Å². The third-order valence-corrected chi connectivity index (χ3v) is 4.74. The minimum absolute atomic E-state index is 0.150. The zero-order valence-electron chi connectivity index (χ0n) is 15.0. The van der Waals surface area contributed by atoms with Gasteiger partial charge in [-0.2, -0.15) is 0 Å². The van der Waals surface area contributed by atoms with Crippen molar-refractivity contribution in [3.63, 3.8) is 0 Å². The molecule has 2 aromatic carbocycles. The summed E-state index contributed by atoms with van der Waals surface area (Å²) in [6.45, 7) is 2.65. The monoisotopic (exact) mass is 358 g/mol. The van der Waals surface area contributed by atoms with Crippen LogP contribution >= 0.6 is 0 Å². The Hall–Kier alpha value is -3.18. The molecule has 1 aliphatic heterocycles. The quantitative estimate of drug-likeness (QED) is 0.750. The topological polar surface area (TPSA) is 57.3 Å². The van der Waals surface area contributed by atoms with Gasteiger partial charge < -0.3 is 15.5 Å². The SMILES string of the molecule is O=C(Nc1ccccc1)c1ccc(N2CCN[C@@H](c3ccccc3)C2)nc1.